The molecule has 1 heterocycles. The molecular formula is C12H14FNO4S. The predicted molar refractivity (Wildman–Crippen MR) is 67.8 cm³/mol. The summed E-state index contributed by atoms with van der Waals surface area (Å²) in [7, 11) is -3.43. The van der Waals surface area contributed by atoms with Crippen molar-refractivity contribution in [3.63, 3.8) is 0 Å². The standard InChI is InChI=1S/C12H14FNO4S/c1-8(5-6-17-19(2,15)16)12-10-4-3-9(13)7-11(10)18-14-12/h3-4,7-8H,5-6H2,1-2H3. The van der Waals surface area contributed by atoms with Crippen LogP contribution in [-0.2, 0) is 14.3 Å². The van der Waals surface area contributed by atoms with E-state index >= 15 is 0 Å². The van der Waals surface area contributed by atoms with Gasteiger partial charge in [-0.2, -0.15) is 8.42 Å². The second-order valence-electron chi connectivity index (χ2n) is 4.42. The molecule has 0 bridgehead atoms. The van der Waals surface area contributed by atoms with Crippen molar-refractivity contribution in [2.75, 3.05) is 12.9 Å². The first kappa shape index (κ1) is 14.0. The molecule has 0 saturated heterocycles. The molecule has 0 saturated carbocycles. The maximum atomic E-state index is 13.0. The zero-order valence-corrected chi connectivity index (χ0v) is 11.4. The van der Waals surface area contributed by atoms with Gasteiger partial charge in [0.1, 0.15) is 5.82 Å². The molecule has 0 aliphatic rings. The van der Waals surface area contributed by atoms with E-state index in [0.29, 0.717) is 17.7 Å². The lowest BCUT2D eigenvalue weighted by molar-refractivity contribution is 0.303. The summed E-state index contributed by atoms with van der Waals surface area (Å²) in [6, 6.07) is 4.21. The molecule has 7 heteroatoms. The van der Waals surface area contributed by atoms with E-state index in [1.165, 1.54) is 12.1 Å². The molecule has 0 aliphatic heterocycles. The molecule has 5 nitrogen and oxygen atoms in total. The molecule has 0 aliphatic carbocycles. The summed E-state index contributed by atoms with van der Waals surface area (Å²) in [6.07, 6.45) is 1.48. The van der Waals surface area contributed by atoms with Crippen molar-refractivity contribution < 1.29 is 21.5 Å². The molecule has 1 atom stereocenters. The van der Waals surface area contributed by atoms with Crippen LogP contribution in [0.15, 0.2) is 22.7 Å². The van der Waals surface area contributed by atoms with Gasteiger partial charge in [-0.1, -0.05) is 12.1 Å². The first-order valence-electron chi connectivity index (χ1n) is 5.76. The molecule has 1 aromatic carbocycles. The van der Waals surface area contributed by atoms with Gasteiger partial charge >= 0.3 is 0 Å². The summed E-state index contributed by atoms with van der Waals surface area (Å²) in [4.78, 5) is 0. The first-order chi connectivity index (χ1) is 8.87. The average Bonchev–Trinajstić information content (AvgIpc) is 2.69. The second-order valence-corrected chi connectivity index (χ2v) is 6.07. The fraction of sp³-hybridized carbons (Fsp3) is 0.417. The highest BCUT2D eigenvalue weighted by molar-refractivity contribution is 7.85. The van der Waals surface area contributed by atoms with Crippen LogP contribution in [0.2, 0.25) is 0 Å². The number of rotatable bonds is 5. The summed E-state index contributed by atoms with van der Waals surface area (Å²) in [5, 5.41) is 4.63. The van der Waals surface area contributed by atoms with E-state index in [1.54, 1.807) is 6.07 Å². The van der Waals surface area contributed by atoms with Crippen LogP contribution >= 0.6 is 0 Å². The number of nitrogens with zero attached hydrogens (tertiary/aromatic N) is 1. The summed E-state index contributed by atoms with van der Waals surface area (Å²) in [5.74, 6) is -0.434. The van der Waals surface area contributed by atoms with Crippen LogP contribution in [0.1, 0.15) is 25.0 Å². The zero-order chi connectivity index (χ0) is 14.0. The quantitative estimate of drug-likeness (QED) is 0.790. The van der Waals surface area contributed by atoms with E-state index < -0.39 is 10.1 Å². The van der Waals surface area contributed by atoms with Crippen LogP contribution in [0.3, 0.4) is 0 Å². The van der Waals surface area contributed by atoms with E-state index in [2.05, 4.69) is 9.34 Å². The number of aromatic nitrogens is 1. The molecule has 0 radical (unpaired) electrons. The Bertz CT molecular complexity index is 680. The Labute approximate surface area is 110 Å². The van der Waals surface area contributed by atoms with Gasteiger partial charge in [0.05, 0.1) is 18.6 Å². The number of hydrogen-bond donors (Lipinski definition) is 0. The van der Waals surface area contributed by atoms with Gasteiger partial charge in [-0.25, -0.2) is 4.39 Å². The fourth-order valence-electron chi connectivity index (χ4n) is 1.80. The van der Waals surface area contributed by atoms with Crippen LogP contribution in [0.5, 0.6) is 0 Å². The SMILES string of the molecule is CC(CCOS(C)(=O)=O)c1noc2cc(F)ccc12. The zero-order valence-electron chi connectivity index (χ0n) is 10.6. The minimum absolute atomic E-state index is 0.0477. The lowest BCUT2D eigenvalue weighted by Gasteiger charge is -2.07. The molecule has 0 fully saturated rings. The van der Waals surface area contributed by atoms with Crippen LogP contribution < -0.4 is 0 Å². The van der Waals surface area contributed by atoms with Gasteiger partial charge in [0.15, 0.2) is 5.58 Å². The van der Waals surface area contributed by atoms with Crippen molar-refractivity contribution in [2.45, 2.75) is 19.3 Å². The highest BCUT2D eigenvalue weighted by Crippen LogP contribution is 2.27. The smallest absolute Gasteiger partial charge is 0.264 e. The summed E-state index contributed by atoms with van der Waals surface area (Å²) < 4.78 is 44.4. The number of halogens is 1. The maximum Gasteiger partial charge on any atom is 0.264 e. The molecule has 0 spiro atoms. The third-order valence-corrected chi connectivity index (χ3v) is 3.37. The van der Waals surface area contributed by atoms with Gasteiger partial charge < -0.3 is 4.52 Å². The van der Waals surface area contributed by atoms with Crippen molar-refractivity contribution in [3.8, 4) is 0 Å². The molecule has 1 aromatic heterocycles. The molecule has 2 rings (SSSR count). The third kappa shape index (κ3) is 3.51. The Balaban J connectivity index is 2.11. The summed E-state index contributed by atoms with van der Waals surface area (Å²) >= 11 is 0. The van der Waals surface area contributed by atoms with E-state index in [4.69, 9.17) is 4.52 Å². The third-order valence-electron chi connectivity index (χ3n) is 2.78. The highest BCUT2D eigenvalue weighted by atomic mass is 32.2. The minimum Gasteiger partial charge on any atom is -0.356 e. The van der Waals surface area contributed by atoms with Gasteiger partial charge in [-0.05, 0) is 18.6 Å². The van der Waals surface area contributed by atoms with Crippen molar-refractivity contribution in [3.05, 3.63) is 29.7 Å². The van der Waals surface area contributed by atoms with Gasteiger partial charge in [0.2, 0.25) is 0 Å². The van der Waals surface area contributed by atoms with E-state index in [1.807, 2.05) is 6.92 Å². The Morgan fingerprint density at radius 2 is 2.21 bits per heavy atom. The molecule has 2 aromatic rings. The largest absolute Gasteiger partial charge is 0.356 e. The highest BCUT2D eigenvalue weighted by Gasteiger charge is 2.16. The Morgan fingerprint density at radius 3 is 2.89 bits per heavy atom. The van der Waals surface area contributed by atoms with E-state index in [9.17, 15) is 12.8 Å². The lowest BCUT2D eigenvalue weighted by atomic mass is 10.0. The van der Waals surface area contributed by atoms with Crippen molar-refractivity contribution in [1.29, 1.82) is 0 Å². The first-order valence-corrected chi connectivity index (χ1v) is 7.58. The van der Waals surface area contributed by atoms with Crippen LogP contribution in [0.25, 0.3) is 11.0 Å². The van der Waals surface area contributed by atoms with Gasteiger partial charge in [-0.3, -0.25) is 4.18 Å². The number of hydrogen-bond acceptors (Lipinski definition) is 5. The molecular weight excluding hydrogens is 273 g/mol. The normalized spacial score (nSPS) is 13.8. The van der Waals surface area contributed by atoms with Crippen LogP contribution in [0.4, 0.5) is 4.39 Å². The van der Waals surface area contributed by atoms with Gasteiger partial charge in [0, 0.05) is 17.4 Å². The van der Waals surface area contributed by atoms with Crippen LogP contribution in [0, 0.1) is 5.82 Å². The number of fused-ring (bicyclic) bond motifs is 1. The summed E-state index contributed by atoms with van der Waals surface area (Å²) in [5.41, 5.74) is 1.05. The topological polar surface area (TPSA) is 69.4 Å². The Morgan fingerprint density at radius 1 is 1.47 bits per heavy atom. The van der Waals surface area contributed by atoms with E-state index in [-0.39, 0.29) is 18.3 Å². The minimum atomic E-state index is -3.43. The van der Waals surface area contributed by atoms with Gasteiger partial charge in [0.25, 0.3) is 10.1 Å². The summed E-state index contributed by atoms with van der Waals surface area (Å²) in [6.45, 7) is 1.96. The van der Waals surface area contributed by atoms with Crippen LogP contribution in [-0.4, -0.2) is 26.4 Å². The fourth-order valence-corrected chi connectivity index (χ4v) is 2.20. The Hall–Kier alpha value is -1.47. The van der Waals surface area contributed by atoms with Crippen molar-refractivity contribution in [2.24, 2.45) is 0 Å². The average molecular weight is 287 g/mol. The maximum absolute atomic E-state index is 13.0. The Kier molecular flexibility index (Phi) is 3.86. The predicted octanol–water partition coefficient (Wildman–Crippen LogP) is 2.44. The van der Waals surface area contributed by atoms with Crippen molar-refractivity contribution in [1.82, 2.24) is 5.16 Å². The molecule has 104 valence electrons. The lowest BCUT2D eigenvalue weighted by Crippen LogP contribution is -2.07. The second kappa shape index (κ2) is 5.26. The molecule has 19 heavy (non-hydrogen) atoms. The molecule has 0 amide bonds. The number of benzene rings is 1. The van der Waals surface area contributed by atoms with Gasteiger partial charge in [-0.15, -0.1) is 0 Å². The van der Waals surface area contributed by atoms with E-state index in [0.717, 1.165) is 11.6 Å². The molecule has 0 N–H and O–H groups in total. The monoisotopic (exact) mass is 287 g/mol. The molecule has 1 unspecified atom stereocenters. The van der Waals surface area contributed by atoms with Crippen molar-refractivity contribution >= 4 is 21.1 Å².